The van der Waals surface area contributed by atoms with Gasteiger partial charge in [0.2, 0.25) is 5.88 Å². The van der Waals surface area contributed by atoms with Gasteiger partial charge in [0.05, 0.1) is 11.3 Å². The van der Waals surface area contributed by atoms with Crippen molar-refractivity contribution in [3.8, 4) is 11.9 Å². The Kier molecular flexibility index (Phi) is 5.00. The smallest absolute Gasteiger partial charge is 0.271 e. The van der Waals surface area contributed by atoms with Crippen molar-refractivity contribution in [1.82, 2.24) is 4.57 Å². The number of aryl methyl sites for hydroxylation is 2. The van der Waals surface area contributed by atoms with Gasteiger partial charge >= 0.3 is 0 Å². The number of benzene rings is 1. The maximum atomic E-state index is 12.3. The van der Waals surface area contributed by atoms with Crippen LogP contribution in [0.1, 0.15) is 27.8 Å². The minimum Gasteiger partial charge on any atom is -0.494 e. The largest absolute Gasteiger partial charge is 0.494 e. The summed E-state index contributed by atoms with van der Waals surface area (Å²) >= 11 is 0. The van der Waals surface area contributed by atoms with E-state index in [4.69, 9.17) is 0 Å². The molecule has 0 fully saturated rings. The van der Waals surface area contributed by atoms with Crippen molar-refractivity contribution in [2.45, 2.75) is 27.3 Å². The predicted octanol–water partition coefficient (Wildman–Crippen LogP) is 3.29. The van der Waals surface area contributed by atoms with Crippen molar-refractivity contribution in [2.24, 2.45) is 4.99 Å². The van der Waals surface area contributed by atoms with Gasteiger partial charge in [-0.25, -0.2) is 0 Å². The van der Waals surface area contributed by atoms with Gasteiger partial charge in [-0.1, -0.05) is 24.3 Å². The van der Waals surface area contributed by atoms with Crippen LogP contribution < -0.4 is 5.56 Å². The Bertz CT molecular complexity index is 911. The molecule has 0 aliphatic carbocycles. The fourth-order valence-corrected chi connectivity index (χ4v) is 2.56. The molecule has 0 bridgehead atoms. The average Bonchev–Trinajstić information content (AvgIpc) is 2.54. The summed E-state index contributed by atoms with van der Waals surface area (Å²) in [5.74, 6) is -0.216. The Morgan fingerprint density at radius 2 is 1.96 bits per heavy atom. The van der Waals surface area contributed by atoms with Gasteiger partial charge < -0.3 is 5.11 Å². The fraction of sp³-hybridized carbons (Fsp3) is 0.211. The van der Waals surface area contributed by atoms with E-state index in [0.29, 0.717) is 11.1 Å². The normalized spacial score (nSPS) is 10.8. The van der Waals surface area contributed by atoms with Gasteiger partial charge in [-0.15, -0.1) is 6.58 Å². The highest BCUT2D eigenvalue weighted by Crippen LogP contribution is 2.25. The van der Waals surface area contributed by atoms with E-state index in [-0.39, 0.29) is 18.0 Å². The van der Waals surface area contributed by atoms with Crippen molar-refractivity contribution in [1.29, 1.82) is 5.26 Å². The zero-order chi connectivity index (χ0) is 17.9. The minimum atomic E-state index is -0.531. The van der Waals surface area contributed by atoms with E-state index in [1.165, 1.54) is 12.3 Å². The van der Waals surface area contributed by atoms with Crippen LogP contribution in [0.2, 0.25) is 0 Å². The molecule has 0 aliphatic heterocycles. The fourth-order valence-electron chi connectivity index (χ4n) is 2.56. The summed E-state index contributed by atoms with van der Waals surface area (Å²) in [7, 11) is 0. The molecule has 1 N–H and O–H groups in total. The molecule has 1 heterocycles. The van der Waals surface area contributed by atoms with Gasteiger partial charge in [-0.2, -0.15) is 5.26 Å². The molecule has 5 heteroatoms. The van der Waals surface area contributed by atoms with E-state index >= 15 is 0 Å². The number of aromatic nitrogens is 1. The highest BCUT2D eigenvalue weighted by molar-refractivity contribution is 5.88. The van der Waals surface area contributed by atoms with Gasteiger partial charge in [0, 0.05) is 12.8 Å². The molecule has 0 amide bonds. The molecule has 24 heavy (non-hydrogen) atoms. The monoisotopic (exact) mass is 321 g/mol. The molecule has 0 aliphatic rings. The van der Waals surface area contributed by atoms with E-state index in [1.54, 1.807) is 6.92 Å². The Labute approximate surface area is 140 Å². The van der Waals surface area contributed by atoms with Gasteiger partial charge in [0.25, 0.3) is 5.56 Å². The summed E-state index contributed by atoms with van der Waals surface area (Å²) in [6.07, 6.45) is 2.99. The topological polar surface area (TPSA) is 78.4 Å². The van der Waals surface area contributed by atoms with Crippen LogP contribution in [-0.2, 0) is 6.54 Å². The Morgan fingerprint density at radius 1 is 1.33 bits per heavy atom. The third-order valence-corrected chi connectivity index (χ3v) is 3.92. The first-order valence-electron chi connectivity index (χ1n) is 7.50. The molecule has 0 saturated carbocycles. The SMILES string of the molecule is C=CCn1c(O)c(C=Nc2c(C)cccc2C)c(C)c(C#N)c1=O. The van der Waals surface area contributed by atoms with Crippen LogP contribution in [0.15, 0.2) is 40.6 Å². The number of rotatable bonds is 4. The quantitative estimate of drug-likeness (QED) is 0.693. The first kappa shape index (κ1) is 17.2. The number of hydrogen-bond donors (Lipinski definition) is 1. The average molecular weight is 321 g/mol. The number of hydrogen-bond acceptors (Lipinski definition) is 4. The summed E-state index contributed by atoms with van der Waals surface area (Å²) in [5.41, 5.74) is 3.04. The third kappa shape index (κ3) is 2.99. The lowest BCUT2D eigenvalue weighted by atomic mass is 10.1. The van der Waals surface area contributed by atoms with Crippen molar-refractivity contribution < 1.29 is 5.11 Å². The number of aromatic hydroxyl groups is 1. The molecule has 1 aromatic carbocycles. The zero-order valence-corrected chi connectivity index (χ0v) is 14.0. The molecular weight excluding hydrogens is 302 g/mol. The number of pyridine rings is 1. The van der Waals surface area contributed by atoms with Crippen LogP contribution >= 0.6 is 0 Å². The second-order valence-corrected chi connectivity index (χ2v) is 5.55. The molecule has 122 valence electrons. The van der Waals surface area contributed by atoms with E-state index in [1.807, 2.05) is 38.1 Å². The zero-order valence-electron chi connectivity index (χ0n) is 14.0. The molecule has 0 saturated heterocycles. The lowest BCUT2D eigenvalue weighted by Crippen LogP contribution is -2.24. The van der Waals surface area contributed by atoms with E-state index in [2.05, 4.69) is 11.6 Å². The Balaban J connectivity index is 2.69. The van der Waals surface area contributed by atoms with Crippen LogP contribution in [0.4, 0.5) is 5.69 Å². The molecule has 5 nitrogen and oxygen atoms in total. The van der Waals surface area contributed by atoms with Gasteiger partial charge in [0.1, 0.15) is 11.6 Å². The number of allylic oxidation sites excluding steroid dienone is 1. The van der Waals surface area contributed by atoms with Crippen LogP contribution in [0.5, 0.6) is 5.88 Å². The number of nitrogens with zero attached hydrogens (tertiary/aromatic N) is 3. The Morgan fingerprint density at radius 3 is 2.50 bits per heavy atom. The van der Waals surface area contributed by atoms with Crippen LogP contribution in [0.3, 0.4) is 0 Å². The number of para-hydroxylation sites is 1. The first-order chi connectivity index (χ1) is 11.4. The van der Waals surface area contributed by atoms with Crippen LogP contribution in [0.25, 0.3) is 0 Å². The van der Waals surface area contributed by atoms with Crippen molar-refractivity contribution in [3.05, 3.63) is 69.0 Å². The molecular formula is C19H19N3O2. The maximum Gasteiger partial charge on any atom is 0.271 e. The summed E-state index contributed by atoms with van der Waals surface area (Å²) in [4.78, 5) is 16.7. The molecule has 0 spiro atoms. The predicted molar refractivity (Wildman–Crippen MR) is 95.2 cm³/mol. The van der Waals surface area contributed by atoms with Crippen molar-refractivity contribution in [3.63, 3.8) is 0 Å². The molecule has 2 aromatic rings. The summed E-state index contributed by atoms with van der Waals surface area (Å²) in [6, 6.07) is 7.76. The van der Waals surface area contributed by atoms with Crippen LogP contribution in [-0.4, -0.2) is 15.9 Å². The maximum absolute atomic E-state index is 12.3. The first-order valence-corrected chi connectivity index (χ1v) is 7.50. The lowest BCUT2D eigenvalue weighted by Gasteiger charge is -2.12. The Hall–Kier alpha value is -3.13. The molecule has 0 radical (unpaired) electrons. The molecule has 2 rings (SSSR count). The van der Waals surface area contributed by atoms with Crippen LogP contribution in [0, 0.1) is 32.1 Å². The van der Waals surface area contributed by atoms with Crippen molar-refractivity contribution >= 4 is 11.9 Å². The van der Waals surface area contributed by atoms with Gasteiger partial charge in [-0.3, -0.25) is 14.4 Å². The summed E-state index contributed by atoms with van der Waals surface area (Å²) < 4.78 is 1.12. The lowest BCUT2D eigenvalue weighted by molar-refractivity contribution is 0.414. The minimum absolute atomic E-state index is 0.00222. The molecule has 0 unspecified atom stereocenters. The highest BCUT2D eigenvalue weighted by atomic mass is 16.3. The second-order valence-electron chi connectivity index (χ2n) is 5.55. The second kappa shape index (κ2) is 6.97. The van der Waals surface area contributed by atoms with Gasteiger partial charge in [0.15, 0.2) is 0 Å². The van der Waals surface area contributed by atoms with Crippen molar-refractivity contribution in [2.75, 3.05) is 0 Å². The highest BCUT2D eigenvalue weighted by Gasteiger charge is 2.17. The summed E-state index contributed by atoms with van der Waals surface area (Å²) in [5, 5.41) is 19.7. The van der Waals surface area contributed by atoms with E-state index in [0.717, 1.165) is 21.4 Å². The van der Waals surface area contributed by atoms with Gasteiger partial charge in [-0.05, 0) is 37.5 Å². The van der Waals surface area contributed by atoms with E-state index < -0.39 is 5.56 Å². The standard InChI is InChI=1S/C19H19N3O2/c1-5-9-22-18(23)15(10-20)14(4)16(19(22)24)11-21-17-12(2)7-6-8-13(17)3/h5-8,11,24H,1,9H2,2-4H3. The number of aliphatic imine (C=N–C) groups is 1. The number of nitriles is 1. The third-order valence-electron chi connectivity index (χ3n) is 3.92. The molecule has 0 atom stereocenters. The summed E-state index contributed by atoms with van der Waals surface area (Å²) in [6.45, 7) is 9.22. The van der Waals surface area contributed by atoms with E-state index in [9.17, 15) is 15.2 Å². The molecule has 1 aromatic heterocycles.